The van der Waals surface area contributed by atoms with Crippen LogP contribution in [0.25, 0.3) is 0 Å². The van der Waals surface area contributed by atoms with Crippen LogP contribution in [-0.4, -0.2) is 6.54 Å². The summed E-state index contributed by atoms with van der Waals surface area (Å²) in [6.45, 7) is 5.57. The maximum atomic E-state index is 5.58. The summed E-state index contributed by atoms with van der Waals surface area (Å²) >= 11 is 3.55. The Kier molecular flexibility index (Phi) is 3.21. The Bertz CT molecular complexity index is 330. The van der Waals surface area contributed by atoms with E-state index in [9.17, 15) is 0 Å². The number of furan rings is 1. The Morgan fingerprint density at radius 2 is 2.33 bits per heavy atom. The average Bonchev–Trinajstić information content (AvgIpc) is 2.81. The van der Waals surface area contributed by atoms with Gasteiger partial charge in [-0.3, -0.25) is 0 Å². The van der Waals surface area contributed by atoms with E-state index in [1.807, 2.05) is 6.07 Å². The second-order valence-corrected chi connectivity index (χ2v) is 5.53. The third kappa shape index (κ3) is 2.28. The first-order valence-electron chi connectivity index (χ1n) is 5.63. The molecule has 0 aliphatic heterocycles. The van der Waals surface area contributed by atoms with E-state index < -0.39 is 0 Å². The van der Waals surface area contributed by atoms with Crippen molar-refractivity contribution in [1.82, 2.24) is 5.32 Å². The molecule has 1 aromatic heterocycles. The number of rotatable bonds is 5. The topological polar surface area (TPSA) is 25.2 Å². The third-order valence-electron chi connectivity index (χ3n) is 3.24. The summed E-state index contributed by atoms with van der Waals surface area (Å²) in [5.41, 5.74) is 0.398. The van der Waals surface area contributed by atoms with Crippen molar-refractivity contribution >= 4 is 15.9 Å². The van der Waals surface area contributed by atoms with Crippen LogP contribution in [0.4, 0.5) is 0 Å². The molecule has 0 aromatic carbocycles. The van der Waals surface area contributed by atoms with E-state index in [1.54, 1.807) is 6.26 Å². The summed E-state index contributed by atoms with van der Waals surface area (Å²) in [5, 5.41) is 3.59. The zero-order chi connectivity index (χ0) is 10.9. The van der Waals surface area contributed by atoms with Crippen molar-refractivity contribution in [2.24, 2.45) is 5.41 Å². The van der Waals surface area contributed by atoms with Crippen LogP contribution in [0.1, 0.15) is 44.9 Å². The zero-order valence-electron chi connectivity index (χ0n) is 9.35. The van der Waals surface area contributed by atoms with Crippen LogP contribution in [0.3, 0.4) is 0 Å². The molecule has 0 spiro atoms. The van der Waals surface area contributed by atoms with Crippen molar-refractivity contribution < 1.29 is 4.42 Å². The summed E-state index contributed by atoms with van der Waals surface area (Å²) in [6, 6.07) is 2.34. The predicted octanol–water partition coefficient (Wildman–Crippen LogP) is 3.88. The van der Waals surface area contributed by atoms with Gasteiger partial charge in [-0.15, -0.1) is 0 Å². The molecule has 1 fully saturated rings. The molecule has 1 unspecified atom stereocenters. The van der Waals surface area contributed by atoms with E-state index in [4.69, 9.17) is 4.42 Å². The third-order valence-corrected chi connectivity index (χ3v) is 3.90. The monoisotopic (exact) mass is 271 g/mol. The SMILES string of the molecule is CCCNC(c1occc1Br)C1(C)CC1. The number of nitrogens with one attached hydrogen (secondary N) is 1. The Morgan fingerprint density at radius 3 is 2.80 bits per heavy atom. The Morgan fingerprint density at radius 1 is 1.60 bits per heavy atom. The highest BCUT2D eigenvalue weighted by atomic mass is 79.9. The fourth-order valence-electron chi connectivity index (χ4n) is 1.94. The van der Waals surface area contributed by atoms with Gasteiger partial charge in [0.2, 0.25) is 0 Å². The lowest BCUT2D eigenvalue weighted by Crippen LogP contribution is -2.28. The normalized spacial score (nSPS) is 20.2. The molecule has 1 N–H and O–H groups in total. The Labute approximate surface area is 99.6 Å². The first-order chi connectivity index (χ1) is 7.17. The minimum absolute atomic E-state index is 0.363. The van der Waals surface area contributed by atoms with Gasteiger partial charge < -0.3 is 9.73 Å². The molecule has 1 aromatic rings. The zero-order valence-corrected chi connectivity index (χ0v) is 10.9. The minimum atomic E-state index is 0.363. The van der Waals surface area contributed by atoms with Crippen molar-refractivity contribution in [2.45, 2.75) is 39.2 Å². The summed E-state index contributed by atoms with van der Waals surface area (Å²) in [4.78, 5) is 0. The number of halogens is 1. The molecule has 84 valence electrons. The molecule has 0 amide bonds. The molecular weight excluding hydrogens is 254 g/mol. The molecule has 1 heterocycles. The van der Waals surface area contributed by atoms with Gasteiger partial charge in [0.05, 0.1) is 16.8 Å². The molecule has 0 saturated heterocycles. The van der Waals surface area contributed by atoms with E-state index in [-0.39, 0.29) is 0 Å². The van der Waals surface area contributed by atoms with Gasteiger partial charge >= 0.3 is 0 Å². The molecule has 1 atom stereocenters. The highest BCUT2D eigenvalue weighted by Gasteiger charge is 2.47. The van der Waals surface area contributed by atoms with Gasteiger partial charge in [-0.2, -0.15) is 0 Å². The highest BCUT2D eigenvalue weighted by Crippen LogP contribution is 2.55. The first kappa shape index (κ1) is 11.2. The van der Waals surface area contributed by atoms with E-state index in [2.05, 4.69) is 35.1 Å². The van der Waals surface area contributed by atoms with Gasteiger partial charge in [0.25, 0.3) is 0 Å². The molecule has 0 radical (unpaired) electrons. The molecule has 0 bridgehead atoms. The summed E-state index contributed by atoms with van der Waals surface area (Å²) in [6.07, 6.45) is 5.50. The molecular formula is C12H18BrNO. The van der Waals surface area contributed by atoms with Crippen LogP contribution in [0, 0.1) is 5.41 Å². The Balaban J connectivity index is 2.15. The lowest BCUT2D eigenvalue weighted by molar-refractivity contribution is 0.307. The van der Waals surface area contributed by atoms with E-state index in [0.29, 0.717) is 11.5 Å². The largest absolute Gasteiger partial charge is 0.466 e. The molecule has 15 heavy (non-hydrogen) atoms. The molecule has 3 heteroatoms. The number of hydrogen-bond donors (Lipinski definition) is 1. The predicted molar refractivity (Wildman–Crippen MR) is 64.8 cm³/mol. The molecule has 2 nitrogen and oxygen atoms in total. The van der Waals surface area contributed by atoms with Gasteiger partial charge in [-0.05, 0) is 53.2 Å². The van der Waals surface area contributed by atoms with E-state index in [0.717, 1.165) is 23.2 Å². The lowest BCUT2D eigenvalue weighted by Gasteiger charge is -2.23. The van der Waals surface area contributed by atoms with E-state index >= 15 is 0 Å². The second-order valence-electron chi connectivity index (χ2n) is 4.67. The summed E-state index contributed by atoms with van der Waals surface area (Å²) < 4.78 is 6.67. The standard InChI is InChI=1S/C12H18BrNO/c1-3-7-14-11(12(2)5-6-12)10-9(13)4-8-15-10/h4,8,11,14H,3,5-7H2,1-2H3. The van der Waals surface area contributed by atoms with Crippen LogP contribution < -0.4 is 5.32 Å². The van der Waals surface area contributed by atoms with Gasteiger partial charge in [0, 0.05) is 0 Å². The van der Waals surface area contributed by atoms with Crippen LogP contribution in [-0.2, 0) is 0 Å². The highest BCUT2D eigenvalue weighted by molar-refractivity contribution is 9.10. The molecule has 1 aliphatic rings. The van der Waals surface area contributed by atoms with E-state index in [1.165, 1.54) is 12.8 Å². The quantitative estimate of drug-likeness (QED) is 0.879. The maximum Gasteiger partial charge on any atom is 0.135 e. The lowest BCUT2D eigenvalue weighted by atomic mass is 9.96. The minimum Gasteiger partial charge on any atom is -0.466 e. The van der Waals surface area contributed by atoms with Crippen LogP contribution in [0.2, 0.25) is 0 Å². The van der Waals surface area contributed by atoms with Crippen molar-refractivity contribution in [3.63, 3.8) is 0 Å². The average molecular weight is 272 g/mol. The van der Waals surface area contributed by atoms with Crippen molar-refractivity contribution in [2.75, 3.05) is 6.54 Å². The summed E-state index contributed by atoms with van der Waals surface area (Å²) in [5.74, 6) is 1.06. The van der Waals surface area contributed by atoms with Gasteiger partial charge in [-0.1, -0.05) is 13.8 Å². The van der Waals surface area contributed by atoms with Crippen molar-refractivity contribution in [3.8, 4) is 0 Å². The molecule has 2 rings (SSSR count). The van der Waals surface area contributed by atoms with Gasteiger partial charge in [0.1, 0.15) is 5.76 Å². The number of hydrogen-bond acceptors (Lipinski definition) is 2. The van der Waals surface area contributed by atoms with Gasteiger partial charge in [0.15, 0.2) is 0 Å². The second kappa shape index (κ2) is 4.30. The Hall–Kier alpha value is -0.280. The fraction of sp³-hybridized carbons (Fsp3) is 0.667. The smallest absolute Gasteiger partial charge is 0.135 e. The van der Waals surface area contributed by atoms with Crippen molar-refractivity contribution in [1.29, 1.82) is 0 Å². The van der Waals surface area contributed by atoms with Crippen LogP contribution in [0.5, 0.6) is 0 Å². The fourth-order valence-corrected chi connectivity index (χ4v) is 2.37. The van der Waals surface area contributed by atoms with Gasteiger partial charge in [-0.25, -0.2) is 0 Å². The molecule has 1 saturated carbocycles. The summed E-state index contributed by atoms with van der Waals surface area (Å²) in [7, 11) is 0. The molecule has 1 aliphatic carbocycles. The van der Waals surface area contributed by atoms with Crippen LogP contribution in [0.15, 0.2) is 21.2 Å². The van der Waals surface area contributed by atoms with Crippen molar-refractivity contribution in [3.05, 3.63) is 22.6 Å². The maximum absolute atomic E-state index is 5.58. The van der Waals surface area contributed by atoms with Crippen LogP contribution >= 0.6 is 15.9 Å². The first-order valence-corrected chi connectivity index (χ1v) is 6.43.